The zero-order chi connectivity index (χ0) is 13.7. The molecule has 1 aromatic rings. The maximum absolute atomic E-state index is 13.5. The van der Waals surface area contributed by atoms with Gasteiger partial charge in [0.15, 0.2) is 11.6 Å². The lowest BCUT2D eigenvalue weighted by Gasteiger charge is -2.26. The number of carbonyl (C=O) groups is 1. The van der Waals surface area contributed by atoms with Crippen molar-refractivity contribution in [3.05, 3.63) is 35.4 Å². The van der Waals surface area contributed by atoms with Gasteiger partial charge in [0, 0.05) is 23.5 Å². The third-order valence-electron chi connectivity index (χ3n) is 2.64. The van der Waals surface area contributed by atoms with Crippen LogP contribution in [0.25, 0.3) is 0 Å². The van der Waals surface area contributed by atoms with E-state index in [0.717, 1.165) is 6.07 Å². The molecule has 0 heterocycles. The molecule has 0 fully saturated rings. The first-order valence-corrected chi connectivity index (χ1v) is 6.87. The molecule has 1 rings (SSSR count). The van der Waals surface area contributed by atoms with Crippen LogP contribution in [-0.4, -0.2) is 28.7 Å². The van der Waals surface area contributed by atoms with Crippen molar-refractivity contribution in [1.82, 2.24) is 4.90 Å². The van der Waals surface area contributed by atoms with Crippen LogP contribution in [0, 0.1) is 11.6 Å². The Bertz CT molecular complexity index is 423. The fraction of sp³-hybridized carbons (Fsp3) is 0.462. The molecule has 0 aromatic heterocycles. The van der Waals surface area contributed by atoms with E-state index in [1.165, 1.54) is 12.1 Å². The fourth-order valence-electron chi connectivity index (χ4n) is 1.71. The van der Waals surface area contributed by atoms with Gasteiger partial charge in [-0.3, -0.25) is 4.79 Å². The summed E-state index contributed by atoms with van der Waals surface area (Å²) in [6, 6.07) is 3.92. The Morgan fingerprint density at radius 1 is 1.39 bits per heavy atom. The normalized spacial score (nSPS) is 10.8. The number of rotatable bonds is 5. The molecule has 0 radical (unpaired) electrons. The van der Waals surface area contributed by atoms with E-state index in [0.29, 0.717) is 11.9 Å². The number of hydrogen-bond donors (Lipinski definition) is 0. The van der Waals surface area contributed by atoms with Gasteiger partial charge < -0.3 is 4.90 Å². The Labute approximate surface area is 114 Å². The van der Waals surface area contributed by atoms with Crippen molar-refractivity contribution in [2.45, 2.75) is 26.3 Å². The van der Waals surface area contributed by atoms with E-state index < -0.39 is 11.6 Å². The van der Waals surface area contributed by atoms with E-state index >= 15 is 0 Å². The number of halogens is 3. The van der Waals surface area contributed by atoms with Crippen LogP contribution in [0.4, 0.5) is 8.78 Å². The summed E-state index contributed by atoms with van der Waals surface area (Å²) in [6.07, 6.45) is -0.116. The number of amides is 1. The second-order valence-corrected chi connectivity index (χ2v) is 5.05. The fourth-order valence-corrected chi connectivity index (χ4v) is 2.09. The van der Waals surface area contributed by atoms with Gasteiger partial charge in [-0.2, -0.15) is 0 Å². The number of benzene rings is 1. The van der Waals surface area contributed by atoms with Crippen LogP contribution < -0.4 is 0 Å². The second-order valence-electron chi connectivity index (χ2n) is 4.26. The molecule has 0 aliphatic rings. The number of alkyl halides is 1. The molecule has 5 heteroatoms. The van der Waals surface area contributed by atoms with Crippen molar-refractivity contribution >= 4 is 21.8 Å². The molecular formula is C13H16BrF2NO. The largest absolute Gasteiger partial charge is 0.339 e. The molecule has 0 saturated carbocycles. The van der Waals surface area contributed by atoms with Crippen molar-refractivity contribution in [1.29, 1.82) is 0 Å². The minimum atomic E-state index is -0.937. The first kappa shape index (κ1) is 15.1. The van der Waals surface area contributed by atoms with Gasteiger partial charge in [-0.25, -0.2) is 8.78 Å². The summed E-state index contributed by atoms with van der Waals surface area (Å²) in [6.45, 7) is 4.33. The number of nitrogens with zero attached hydrogens (tertiary/aromatic N) is 1. The van der Waals surface area contributed by atoms with E-state index in [1.54, 1.807) is 4.90 Å². The molecule has 0 unspecified atom stereocenters. The highest BCUT2D eigenvalue weighted by molar-refractivity contribution is 9.09. The molecule has 0 spiro atoms. The minimum Gasteiger partial charge on any atom is -0.339 e. The van der Waals surface area contributed by atoms with Gasteiger partial charge in [0.05, 0.1) is 6.42 Å². The van der Waals surface area contributed by atoms with Crippen molar-refractivity contribution in [3.63, 3.8) is 0 Å². The molecule has 0 atom stereocenters. The molecule has 0 bridgehead atoms. The van der Waals surface area contributed by atoms with Crippen LogP contribution >= 0.6 is 15.9 Å². The van der Waals surface area contributed by atoms with Crippen molar-refractivity contribution in [3.8, 4) is 0 Å². The number of carbonyl (C=O) groups excluding carboxylic acids is 1. The summed E-state index contributed by atoms with van der Waals surface area (Å²) in [5.74, 6) is -2.06. The molecule has 0 saturated heterocycles. The Morgan fingerprint density at radius 2 is 2.06 bits per heavy atom. The Balaban J connectivity index is 2.82. The predicted molar refractivity (Wildman–Crippen MR) is 70.7 cm³/mol. The van der Waals surface area contributed by atoms with Crippen molar-refractivity contribution < 1.29 is 13.6 Å². The SMILES string of the molecule is CC(C)N(CCBr)C(=O)Cc1cccc(F)c1F. The molecule has 18 heavy (non-hydrogen) atoms. The van der Waals surface area contributed by atoms with Gasteiger partial charge in [0.1, 0.15) is 0 Å². The van der Waals surface area contributed by atoms with Crippen LogP contribution in [-0.2, 0) is 11.2 Å². The molecule has 2 nitrogen and oxygen atoms in total. The second kappa shape index (κ2) is 6.83. The quantitative estimate of drug-likeness (QED) is 0.763. The smallest absolute Gasteiger partial charge is 0.227 e. The molecule has 1 amide bonds. The molecule has 0 aliphatic carbocycles. The predicted octanol–water partition coefficient (Wildman–Crippen LogP) is 3.14. The van der Waals surface area contributed by atoms with Gasteiger partial charge in [0.2, 0.25) is 5.91 Å². The molecular weight excluding hydrogens is 304 g/mol. The zero-order valence-electron chi connectivity index (χ0n) is 10.4. The maximum Gasteiger partial charge on any atom is 0.227 e. The van der Waals surface area contributed by atoms with E-state index in [1.807, 2.05) is 13.8 Å². The molecule has 1 aromatic carbocycles. The van der Waals surface area contributed by atoms with E-state index in [-0.39, 0.29) is 23.9 Å². The molecule has 0 aliphatic heterocycles. The van der Waals surface area contributed by atoms with Crippen LogP contribution in [0.1, 0.15) is 19.4 Å². The summed E-state index contributed by atoms with van der Waals surface area (Å²) in [5, 5.41) is 0.655. The topological polar surface area (TPSA) is 20.3 Å². The van der Waals surface area contributed by atoms with E-state index in [4.69, 9.17) is 0 Å². The first-order chi connectivity index (χ1) is 8.47. The highest BCUT2D eigenvalue weighted by Gasteiger charge is 2.19. The van der Waals surface area contributed by atoms with E-state index in [2.05, 4.69) is 15.9 Å². The average Bonchev–Trinajstić information content (AvgIpc) is 2.31. The highest BCUT2D eigenvalue weighted by Crippen LogP contribution is 2.14. The standard InChI is InChI=1S/C13H16BrF2NO/c1-9(2)17(7-6-14)12(18)8-10-4-3-5-11(15)13(10)16/h3-5,9H,6-8H2,1-2H3. The highest BCUT2D eigenvalue weighted by atomic mass is 79.9. The molecule has 0 N–H and O–H groups in total. The van der Waals surface area contributed by atoms with Gasteiger partial charge in [-0.05, 0) is 19.9 Å². The average molecular weight is 320 g/mol. The lowest BCUT2D eigenvalue weighted by Crippen LogP contribution is -2.39. The van der Waals surface area contributed by atoms with Crippen LogP contribution in [0.2, 0.25) is 0 Å². The Hall–Kier alpha value is -0.970. The molecule has 100 valence electrons. The van der Waals surface area contributed by atoms with Crippen LogP contribution in [0.15, 0.2) is 18.2 Å². The summed E-state index contributed by atoms with van der Waals surface area (Å²) < 4.78 is 26.5. The first-order valence-electron chi connectivity index (χ1n) is 5.75. The van der Waals surface area contributed by atoms with Gasteiger partial charge in [-0.15, -0.1) is 0 Å². The minimum absolute atomic E-state index is 0.0340. The third kappa shape index (κ3) is 3.77. The lowest BCUT2D eigenvalue weighted by atomic mass is 10.1. The maximum atomic E-state index is 13.5. The third-order valence-corrected chi connectivity index (χ3v) is 3.00. The monoisotopic (exact) mass is 319 g/mol. The van der Waals surface area contributed by atoms with Crippen molar-refractivity contribution in [2.75, 3.05) is 11.9 Å². The summed E-state index contributed by atoms with van der Waals surface area (Å²) in [4.78, 5) is 13.7. The summed E-state index contributed by atoms with van der Waals surface area (Å²) in [5.41, 5.74) is 0.0974. The van der Waals surface area contributed by atoms with Crippen LogP contribution in [0.5, 0.6) is 0 Å². The van der Waals surface area contributed by atoms with Crippen LogP contribution in [0.3, 0.4) is 0 Å². The van der Waals surface area contributed by atoms with Gasteiger partial charge in [0.25, 0.3) is 0 Å². The van der Waals surface area contributed by atoms with E-state index in [9.17, 15) is 13.6 Å². The van der Waals surface area contributed by atoms with Crippen molar-refractivity contribution in [2.24, 2.45) is 0 Å². The van der Waals surface area contributed by atoms with Gasteiger partial charge in [-0.1, -0.05) is 28.1 Å². The lowest BCUT2D eigenvalue weighted by molar-refractivity contribution is -0.131. The Kier molecular flexibility index (Phi) is 5.72. The number of hydrogen-bond acceptors (Lipinski definition) is 1. The summed E-state index contributed by atoms with van der Waals surface area (Å²) >= 11 is 3.27. The zero-order valence-corrected chi connectivity index (χ0v) is 12.0. The summed E-state index contributed by atoms with van der Waals surface area (Å²) in [7, 11) is 0. The van der Waals surface area contributed by atoms with Gasteiger partial charge >= 0.3 is 0 Å². The Morgan fingerprint density at radius 3 is 2.61 bits per heavy atom.